The first kappa shape index (κ1) is 47.5. The van der Waals surface area contributed by atoms with Crippen molar-refractivity contribution in [1.29, 1.82) is 0 Å². The fraction of sp³-hybridized carbons (Fsp3) is 0.560. The van der Waals surface area contributed by atoms with Gasteiger partial charge in [-0.25, -0.2) is 4.98 Å². The van der Waals surface area contributed by atoms with Crippen LogP contribution in [-0.4, -0.2) is 64.1 Å². The summed E-state index contributed by atoms with van der Waals surface area (Å²) in [6.07, 6.45) is 20.5. The molecule has 6 N–H and O–H groups in total. The number of anilines is 4. The van der Waals surface area contributed by atoms with Gasteiger partial charge in [0.1, 0.15) is 0 Å². The molecule has 0 spiro atoms. The van der Waals surface area contributed by atoms with E-state index in [0.29, 0.717) is 11.2 Å². The van der Waals surface area contributed by atoms with Crippen molar-refractivity contribution in [2.75, 3.05) is 37.5 Å². The lowest BCUT2D eigenvalue weighted by atomic mass is 9.93. The quantitative estimate of drug-likeness (QED) is 0.0820. The molecule has 3 aliphatic carbocycles. The highest BCUT2D eigenvalue weighted by Crippen LogP contribution is 2.31. The number of rotatable bonds is 12. The van der Waals surface area contributed by atoms with Crippen LogP contribution in [0.15, 0.2) is 78.2 Å². The molecule has 0 saturated heterocycles. The van der Waals surface area contributed by atoms with Crippen LogP contribution in [0.25, 0.3) is 0 Å². The monoisotopic (exact) mass is 853 g/mol. The van der Waals surface area contributed by atoms with Gasteiger partial charge in [-0.1, -0.05) is 133 Å². The minimum absolute atomic E-state index is 0.0944. The molecule has 0 radical (unpaired) electrons. The maximum atomic E-state index is 5.97. The topological polar surface area (TPSA) is 98.7 Å². The van der Waals surface area contributed by atoms with E-state index < -0.39 is 0 Å². The molecule has 10 heteroatoms. The first-order chi connectivity index (χ1) is 28.9. The van der Waals surface area contributed by atoms with Crippen LogP contribution in [-0.2, 0) is 25.0 Å². The smallest absolute Gasteiger partial charge is 0.187 e. The van der Waals surface area contributed by atoms with Gasteiger partial charge < -0.3 is 22.1 Å². The third-order valence-corrected chi connectivity index (χ3v) is 13.6. The van der Waals surface area contributed by atoms with Crippen LogP contribution >= 0.6 is 23.6 Å². The molecule has 1 heterocycles. The summed E-state index contributed by atoms with van der Waals surface area (Å²) in [7, 11) is 6.71. The second-order valence-electron chi connectivity index (χ2n) is 18.5. The molecule has 0 amide bonds. The number of aromatic nitrogens is 1. The van der Waals surface area contributed by atoms with Gasteiger partial charge in [-0.05, 0) is 107 Å². The molecule has 60 heavy (non-hydrogen) atoms. The van der Waals surface area contributed by atoms with Gasteiger partial charge in [0.2, 0.25) is 0 Å². The van der Waals surface area contributed by atoms with E-state index in [2.05, 4.69) is 121 Å². The van der Waals surface area contributed by atoms with Gasteiger partial charge in [-0.15, -0.1) is 11.3 Å². The molecule has 7 rings (SSSR count). The lowest BCUT2D eigenvalue weighted by Gasteiger charge is -2.31. The number of nitrogen functional groups attached to an aromatic ring is 1. The van der Waals surface area contributed by atoms with Crippen molar-refractivity contribution in [3.63, 3.8) is 0 Å². The maximum Gasteiger partial charge on any atom is 0.187 e. The Balaban J connectivity index is 0.000000176. The summed E-state index contributed by atoms with van der Waals surface area (Å²) in [5.74, 6) is 0. The van der Waals surface area contributed by atoms with Crippen molar-refractivity contribution in [3.8, 4) is 0 Å². The van der Waals surface area contributed by atoms with Crippen molar-refractivity contribution in [1.82, 2.24) is 19.7 Å². The molecule has 3 aromatic carbocycles. The van der Waals surface area contributed by atoms with Gasteiger partial charge in [0, 0.05) is 65.6 Å². The number of thiazole rings is 1. The number of para-hydroxylation sites is 3. The van der Waals surface area contributed by atoms with Gasteiger partial charge in [0.25, 0.3) is 0 Å². The van der Waals surface area contributed by atoms with Gasteiger partial charge in [-0.2, -0.15) is 0 Å². The molecule has 0 unspecified atom stereocenters. The summed E-state index contributed by atoms with van der Waals surface area (Å²) in [5, 5.41) is 10.1. The second-order valence-corrected chi connectivity index (χ2v) is 19.8. The Hall–Kier alpha value is -3.54. The third-order valence-electron chi connectivity index (χ3n) is 12.7. The fourth-order valence-electron chi connectivity index (χ4n) is 8.92. The number of thiocarbonyl (C=S) groups is 1. The van der Waals surface area contributed by atoms with E-state index in [-0.39, 0.29) is 5.41 Å². The number of nitrogens with zero attached hydrogens (tertiary/aromatic N) is 4. The molecule has 328 valence electrons. The average Bonchev–Trinajstić information content (AvgIpc) is 3.74. The van der Waals surface area contributed by atoms with Crippen LogP contribution in [0.1, 0.15) is 139 Å². The zero-order chi connectivity index (χ0) is 42.9. The lowest BCUT2D eigenvalue weighted by Crippen LogP contribution is -2.33. The Morgan fingerprint density at radius 2 is 1.03 bits per heavy atom. The van der Waals surface area contributed by atoms with Crippen molar-refractivity contribution < 1.29 is 0 Å². The van der Waals surface area contributed by atoms with Crippen LogP contribution in [0.5, 0.6) is 0 Å². The highest BCUT2D eigenvalue weighted by molar-refractivity contribution is 7.80. The molecule has 3 saturated carbocycles. The largest absolute Gasteiger partial charge is 0.398 e. The molecule has 8 nitrogen and oxygen atoms in total. The summed E-state index contributed by atoms with van der Waals surface area (Å²) in [6, 6.07) is 27.3. The standard InChI is InChI=1S/C21H31N3S.C15H23N3S.C14H22N2/c1-21(2,3)19-15-25-20(23-19)22-18-13-9-8-10-16(18)14-24(4)17-11-6-5-7-12-17;1-18(13-8-3-2-4-9-13)11-12-7-5-6-10-14(12)17-15(16)19;1-16(13-8-3-2-4-9-13)11-12-7-5-6-10-14(12)15/h8-10,13,15,17H,5-7,11-12,14H2,1-4H3,(H,22,23);5-7,10,13H,2-4,8-9,11H2,1H3,(H3,16,17,19);5-7,10,13H,2-4,8-9,11,15H2,1H3. The molecule has 0 atom stereocenters. The number of benzene rings is 3. The first-order valence-corrected chi connectivity index (χ1v) is 24.1. The SMILES string of the molecule is CN(Cc1ccccc1N)C1CCCCC1.CN(Cc1ccccc1NC(N)=S)C1CCCCC1.CN(Cc1ccccc1Nc1nc(C(C)(C)C)cs1)C1CCCCC1. The lowest BCUT2D eigenvalue weighted by molar-refractivity contribution is 0.185. The van der Waals surface area contributed by atoms with Crippen LogP contribution in [0.2, 0.25) is 0 Å². The number of hydrogen-bond acceptors (Lipinski definition) is 8. The van der Waals surface area contributed by atoms with E-state index in [0.717, 1.165) is 53.9 Å². The predicted octanol–water partition coefficient (Wildman–Crippen LogP) is 12.1. The Bertz CT molecular complexity index is 1850. The first-order valence-electron chi connectivity index (χ1n) is 22.8. The summed E-state index contributed by atoms with van der Waals surface area (Å²) < 4.78 is 0. The highest BCUT2D eigenvalue weighted by atomic mass is 32.1. The fourth-order valence-corrected chi connectivity index (χ4v) is 9.98. The van der Waals surface area contributed by atoms with Gasteiger partial charge in [-0.3, -0.25) is 14.7 Å². The molecular weight excluding hydrogens is 777 g/mol. The molecule has 1 aromatic heterocycles. The van der Waals surface area contributed by atoms with Crippen LogP contribution < -0.4 is 22.1 Å². The Kier molecular flexibility index (Phi) is 19.2. The van der Waals surface area contributed by atoms with E-state index in [1.807, 2.05) is 24.3 Å². The van der Waals surface area contributed by atoms with Crippen molar-refractivity contribution >= 4 is 50.9 Å². The van der Waals surface area contributed by atoms with Crippen molar-refractivity contribution in [3.05, 3.63) is 101 Å². The number of nitrogens with two attached hydrogens (primary N) is 2. The van der Waals surface area contributed by atoms with Crippen molar-refractivity contribution in [2.45, 2.75) is 160 Å². The molecule has 4 aromatic rings. The van der Waals surface area contributed by atoms with Crippen molar-refractivity contribution in [2.24, 2.45) is 5.73 Å². The van der Waals surface area contributed by atoms with E-state index in [9.17, 15) is 0 Å². The maximum absolute atomic E-state index is 5.97. The van der Waals surface area contributed by atoms with Gasteiger partial charge in [0.15, 0.2) is 10.2 Å². The van der Waals surface area contributed by atoms with Crippen LogP contribution in [0, 0.1) is 0 Å². The summed E-state index contributed by atoms with van der Waals surface area (Å²) in [5.41, 5.74) is 19.8. The van der Waals surface area contributed by atoms with Gasteiger partial charge >= 0.3 is 0 Å². The Morgan fingerprint density at radius 3 is 1.47 bits per heavy atom. The summed E-state index contributed by atoms with van der Waals surface area (Å²) in [6.45, 7) is 9.54. The molecule has 3 fully saturated rings. The minimum Gasteiger partial charge on any atom is -0.398 e. The Labute approximate surface area is 372 Å². The molecular formula is C50H76N8S2. The Morgan fingerprint density at radius 1 is 0.633 bits per heavy atom. The zero-order valence-corrected chi connectivity index (χ0v) is 39.4. The van der Waals surface area contributed by atoms with Crippen LogP contribution in [0.3, 0.4) is 0 Å². The third kappa shape index (κ3) is 15.4. The number of nitrogens with one attached hydrogen (secondary N) is 2. The normalized spacial score (nSPS) is 16.8. The average molecular weight is 853 g/mol. The molecule has 0 aliphatic heterocycles. The zero-order valence-electron chi connectivity index (χ0n) is 37.7. The van der Waals surface area contributed by atoms with E-state index in [1.165, 1.54) is 119 Å². The highest BCUT2D eigenvalue weighted by Gasteiger charge is 2.22. The summed E-state index contributed by atoms with van der Waals surface area (Å²) >= 11 is 6.62. The second kappa shape index (κ2) is 24.2. The minimum atomic E-state index is 0.0944. The molecule has 0 bridgehead atoms. The summed E-state index contributed by atoms with van der Waals surface area (Å²) in [4.78, 5) is 12.2. The molecule has 3 aliphatic rings. The number of hydrogen-bond donors (Lipinski definition) is 4. The van der Waals surface area contributed by atoms with Crippen LogP contribution in [0.4, 0.5) is 22.2 Å². The van der Waals surface area contributed by atoms with Gasteiger partial charge in [0.05, 0.1) is 5.69 Å². The predicted molar refractivity (Wildman–Crippen MR) is 263 cm³/mol. The van der Waals surface area contributed by atoms with E-state index in [1.54, 1.807) is 11.3 Å². The van der Waals surface area contributed by atoms with E-state index >= 15 is 0 Å². The van der Waals surface area contributed by atoms with E-state index in [4.69, 9.17) is 28.7 Å².